The Labute approximate surface area is 248 Å². The van der Waals surface area contributed by atoms with Crippen LogP contribution < -0.4 is 21.1 Å². The fraction of sp³-hybridized carbons (Fsp3) is 0.375. The van der Waals surface area contributed by atoms with E-state index in [0.29, 0.717) is 11.4 Å². The molecule has 0 spiro atoms. The Kier molecular flexibility index (Phi) is 9.14. The highest BCUT2D eigenvalue weighted by molar-refractivity contribution is 7.89. The molecule has 10 heteroatoms. The van der Waals surface area contributed by atoms with Crippen LogP contribution in [0.1, 0.15) is 60.9 Å². The maximum Gasteiger partial charge on any atom is 0.247 e. The van der Waals surface area contributed by atoms with Gasteiger partial charge in [0.2, 0.25) is 15.9 Å². The molecule has 0 saturated carbocycles. The van der Waals surface area contributed by atoms with E-state index in [1.165, 1.54) is 4.31 Å². The molecule has 4 N–H and O–H groups in total. The first-order chi connectivity index (χ1) is 19.9. The summed E-state index contributed by atoms with van der Waals surface area (Å²) < 4.78 is 34.5. The van der Waals surface area contributed by atoms with Crippen molar-refractivity contribution in [1.82, 2.24) is 9.62 Å². The Morgan fingerprint density at radius 2 is 1.90 bits per heavy atom. The summed E-state index contributed by atoms with van der Waals surface area (Å²) in [6.07, 6.45) is -0.258. The van der Waals surface area contributed by atoms with E-state index in [-0.39, 0.29) is 42.8 Å². The van der Waals surface area contributed by atoms with Gasteiger partial charge in [-0.3, -0.25) is 4.79 Å². The van der Waals surface area contributed by atoms with E-state index in [1.54, 1.807) is 24.3 Å². The van der Waals surface area contributed by atoms with Gasteiger partial charge < -0.3 is 21.1 Å². The number of sulfonamides is 1. The van der Waals surface area contributed by atoms with Gasteiger partial charge in [0, 0.05) is 31.1 Å². The molecule has 0 aliphatic carbocycles. The zero-order chi connectivity index (χ0) is 30.7. The van der Waals surface area contributed by atoms with Crippen LogP contribution in [0.15, 0.2) is 59.5 Å². The second-order valence-electron chi connectivity index (χ2n) is 11.1. The van der Waals surface area contributed by atoms with Crippen molar-refractivity contribution in [2.45, 2.75) is 63.9 Å². The smallest absolute Gasteiger partial charge is 0.247 e. The van der Waals surface area contributed by atoms with E-state index in [1.807, 2.05) is 71.0 Å². The second-order valence-corrected chi connectivity index (χ2v) is 13.0. The van der Waals surface area contributed by atoms with Crippen LogP contribution in [0.3, 0.4) is 0 Å². The zero-order valence-electron chi connectivity index (χ0n) is 24.8. The van der Waals surface area contributed by atoms with Gasteiger partial charge in [0.1, 0.15) is 23.7 Å². The number of rotatable bonds is 9. The highest BCUT2D eigenvalue weighted by Gasteiger charge is 2.36. The number of carbonyl (C=O) groups is 1. The molecule has 42 heavy (non-hydrogen) atoms. The third-order valence-corrected chi connectivity index (χ3v) is 9.66. The number of carbonyl (C=O) groups excluding carboxylic acids is 1. The minimum Gasteiger partial charge on any atom is -0.491 e. The SMILES string of the molecule is CCNc1ccc(C(c2ccc(C)c(CN3CCOc4ccccc4S3(=O)=O)c2)C(C)(C)NC(=O)CC#N)c(C)c1N. The molecule has 9 nitrogen and oxygen atoms in total. The molecule has 0 bridgehead atoms. The summed E-state index contributed by atoms with van der Waals surface area (Å²) in [6, 6.07) is 18.6. The molecule has 1 aliphatic heterocycles. The number of nitrogens with two attached hydrogens (primary N) is 1. The topological polar surface area (TPSA) is 138 Å². The van der Waals surface area contributed by atoms with Crippen molar-refractivity contribution in [3.63, 3.8) is 0 Å². The Morgan fingerprint density at radius 1 is 1.17 bits per heavy atom. The van der Waals surface area contributed by atoms with Crippen molar-refractivity contribution in [2.24, 2.45) is 0 Å². The number of amides is 1. The second kappa shape index (κ2) is 12.4. The first-order valence-electron chi connectivity index (χ1n) is 14.0. The summed E-state index contributed by atoms with van der Waals surface area (Å²) in [6.45, 7) is 11.1. The van der Waals surface area contributed by atoms with Crippen molar-refractivity contribution < 1.29 is 17.9 Å². The number of anilines is 2. The van der Waals surface area contributed by atoms with Crippen molar-refractivity contribution in [3.8, 4) is 11.8 Å². The van der Waals surface area contributed by atoms with Crippen LogP contribution in [-0.4, -0.2) is 43.9 Å². The molecule has 3 aromatic rings. The van der Waals surface area contributed by atoms with Crippen LogP contribution in [0, 0.1) is 25.2 Å². The molecule has 1 atom stereocenters. The quantitative estimate of drug-likeness (QED) is 0.304. The molecule has 1 unspecified atom stereocenters. The highest BCUT2D eigenvalue weighted by Crippen LogP contribution is 2.41. The number of aryl methyl sites for hydroxylation is 1. The first-order valence-corrected chi connectivity index (χ1v) is 15.5. The molecular formula is C32H39N5O4S. The molecule has 0 radical (unpaired) electrons. The lowest BCUT2D eigenvalue weighted by atomic mass is 9.74. The maximum atomic E-state index is 13.6. The van der Waals surface area contributed by atoms with Crippen molar-refractivity contribution in [2.75, 3.05) is 30.7 Å². The zero-order valence-corrected chi connectivity index (χ0v) is 25.6. The molecule has 0 aromatic heterocycles. The number of nitrogens with one attached hydrogen (secondary N) is 2. The minimum atomic E-state index is -3.80. The molecule has 4 rings (SSSR count). The number of hydrogen-bond acceptors (Lipinski definition) is 7. The monoisotopic (exact) mass is 589 g/mol. The van der Waals surface area contributed by atoms with Gasteiger partial charge in [0.25, 0.3) is 0 Å². The van der Waals surface area contributed by atoms with Crippen LogP contribution in [-0.2, 0) is 21.4 Å². The fourth-order valence-corrected chi connectivity index (χ4v) is 7.16. The molecule has 1 amide bonds. The van der Waals surface area contributed by atoms with E-state index >= 15 is 0 Å². The highest BCUT2D eigenvalue weighted by atomic mass is 32.2. The number of nitriles is 1. The third kappa shape index (κ3) is 6.22. The van der Waals surface area contributed by atoms with Crippen LogP contribution in [0.25, 0.3) is 0 Å². The van der Waals surface area contributed by atoms with E-state index in [9.17, 15) is 13.2 Å². The molecule has 0 fully saturated rings. The number of nitrogens with zero attached hydrogens (tertiary/aromatic N) is 2. The van der Waals surface area contributed by atoms with Crippen LogP contribution >= 0.6 is 0 Å². The number of ether oxygens (including phenoxy) is 1. The van der Waals surface area contributed by atoms with Crippen molar-refractivity contribution >= 4 is 27.3 Å². The number of nitrogen functional groups attached to an aromatic ring is 1. The van der Waals surface area contributed by atoms with E-state index in [0.717, 1.165) is 40.0 Å². The van der Waals surface area contributed by atoms with E-state index < -0.39 is 15.6 Å². The van der Waals surface area contributed by atoms with Gasteiger partial charge in [-0.1, -0.05) is 36.4 Å². The van der Waals surface area contributed by atoms with Crippen molar-refractivity contribution in [3.05, 3.63) is 82.4 Å². The summed E-state index contributed by atoms with van der Waals surface area (Å²) in [7, 11) is -3.80. The van der Waals surface area contributed by atoms with Gasteiger partial charge in [-0.15, -0.1) is 0 Å². The number of benzene rings is 3. The maximum absolute atomic E-state index is 13.6. The summed E-state index contributed by atoms with van der Waals surface area (Å²) >= 11 is 0. The molecular weight excluding hydrogens is 550 g/mol. The molecule has 222 valence electrons. The summed E-state index contributed by atoms with van der Waals surface area (Å²) in [4.78, 5) is 12.8. The average Bonchev–Trinajstić information content (AvgIpc) is 3.05. The summed E-state index contributed by atoms with van der Waals surface area (Å²) in [5.74, 6) is -0.374. The molecule has 3 aromatic carbocycles. The van der Waals surface area contributed by atoms with Gasteiger partial charge >= 0.3 is 0 Å². The third-order valence-electron chi connectivity index (χ3n) is 7.78. The van der Waals surface area contributed by atoms with Gasteiger partial charge in [-0.25, -0.2) is 8.42 Å². The fourth-order valence-electron chi connectivity index (χ4n) is 5.63. The van der Waals surface area contributed by atoms with Gasteiger partial charge in [0.15, 0.2) is 0 Å². The Morgan fingerprint density at radius 3 is 2.62 bits per heavy atom. The lowest BCUT2D eigenvalue weighted by molar-refractivity contribution is -0.121. The average molecular weight is 590 g/mol. The number of fused-ring (bicyclic) bond motifs is 1. The molecule has 0 saturated heterocycles. The minimum absolute atomic E-state index is 0.155. The first kappa shape index (κ1) is 30.9. The normalized spacial score (nSPS) is 15.4. The molecule has 1 heterocycles. The van der Waals surface area contributed by atoms with E-state index in [2.05, 4.69) is 10.6 Å². The van der Waals surface area contributed by atoms with Crippen LogP contribution in [0.2, 0.25) is 0 Å². The largest absolute Gasteiger partial charge is 0.491 e. The summed E-state index contributed by atoms with van der Waals surface area (Å²) in [5, 5.41) is 15.5. The Balaban J connectivity index is 1.81. The van der Waals surface area contributed by atoms with Gasteiger partial charge in [-0.2, -0.15) is 9.57 Å². The van der Waals surface area contributed by atoms with Gasteiger partial charge in [-0.05, 0) is 80.6 Å². The number of para-hydroxylation sites is 1. The van der Waals surface area contributed by atoms with Crippen LogP contribution in [0.4, 0.5) is 11.4 Å². The molecule has 1 aliphatic rings. The predicted octanol–water partition coefficient (Wildman–Crippen LogP) is 4.84. The Hall–Kier alpha value is -4.07. The lowest BCUT2D eigenvalue weighted by Gasteiger charge is -2.37. The summed E-state index contributed by atoms with van der Waals surface area (Å²) in [5.41, 5.74) is 11.7. The lowest BCUT2D eigenvalue weighted by Crippen LogP contribution is -2.48. The predicted molar refractivity (Wildman–Crippen MR) is 165 cm³/mol. The van der Waals surface area contributed by atoms with E-state index in [4.69, 9.17) is 15.7 Å². The van der Waals surface area contributed by atoms with Crippen molar-refractivity contribution in [1.29, 1.82) is 5.26 Å². The Bertz CT molecular complexity index is 1630. The standard InChI is InChI=1S/C32H39N5O4S/c1-6-35-26-14-13-25(22(3)31(26)34)30(32(4,5)36-29(38)15-16-33)23-12-11-21(2)24(19-23)20-37-17-18-41-27-9-7-8-10-28(27)42(37,39)40/h7-14,19,30,35H,6,15,17-18,20,34H2,1-5H3,(H,36,38). The number of hydrogen-bond donors (Lipinski definition) is 3. The van der Waals surface area contributed by atoms with Crippen LogP contribution in [0.5, 0.6) is 5.75 Å². The van der Waals surface area contributed by atoms with Gasteiger partial charge in [0.05, 0.1) is 17.4 Å².